The van der Waals surface area contributed by atoms with E-state index < -0.39 is 5.97 Å². The second-order valence-electron chi connectivity index (χ2n) is 2.97. The third-order valence-corrected chi connectivity index (χ3v) is 1.77. The maximum absolute atomic E-state index is 11.4. The molecule has 1 amide bonds. The predicted molar refractivity (Wildman–Crippen MR) is 56.8 cm³/mol. The molecule has 0 aliphatic heterocycles. The third kappa shape index (κ3) is 3.06. The number of carbonyl (C=O) groups excluding carboxylic acids is 2. The van der Waals surface area contributed by atoms with Gasteiger partial charge in [-0.25, -0.2) is 4.79 Å². The molecule has 4 N–H and O–H groups in total. The van der Waals surface area contributed by atoms with Crippen molar-refractivity contribution in [2.45, 2.75) is 13.3 Å². The molecule has 1 aromatic rings. The maximum atomic E-state index is 11.4. The summed E-state index contributed by atoms with van der Waals surface area (Å²) in [4.78, 5) is 22.7. The van der Waals surface area contributed by atoms with Gasteiger partial charge in [-0.05, 0) is 6.92 Å². The molecule has 7 nitrogen and oxygen atoms in total. The molecule has 88 valence electrons. The molecule has 0 bridgehead atoms. The minimum absolute atomic E-state index is 0.182. The minimum Gasteiger partial charge on any atom is -0.462 e. The van der Waals surface area contributed by atoms with E-state index in [0.717, 1.165) is 0 Å². The number of H-pyrrole nitrogens is 1. The highest BCUT2D eigenvalue weighted by molar-refractivity contribution is 5.99. The summed E-state index contributed by atoms with van der Waals surface area (Å²) in [7, 11) is 0. The van der Waals surface area contributed by atoms with Crippen LogP contribution in [0.15, 0.2) is 6.20 Å². The van der Waals surface area contributed by atoms with E-state index in [0.29, 0.717) is 0 Å². The minimum atomic E-state index is -0.528. The predicted octanol–water partition coefficient (Wildman–Crippen LogP) is -0.126. The lowest BCUT2D eigenvalue weighted by atomic mass is 10.3. The second kappa shape index (κ2) is 5.86. The molecule has 0 aliphatic rings. The van der Waals surface area contributed by atoms with Gasteiger partial charge in [0.05, 0.1) is 12.8 Å². The van der Waals surface area contributed by atoms with Gasteiger partial charge in [0.1, 0.15) is 11.4 Å². The first kappa shape index (κ1) is 12.2. The molecule has 0 aromatic carbocycles. The molecule has 1 heterocycles. The molecule has 0 unspecified atom stereocenters. The van der Waals surface area contributed by atoms with Gasteiger partial charge in [-0.15, -0.1) is 0 Å². The summed E-state index contributed by atoms with van der Waals surface area (Å²) in [5.74, 6) is -0.575. The molecule has 0 atom stereocenters. The van der Waals surface area contributed by atoms with Gasteiger partial charge in [-0.3, -0.25) is 9.89 Å². The SMILES string of the molecule is CCOC(=O)c1cn[nH]c1NC(=O)CCN. The molecule has 0 spiro atoms. The van der Waals surface area contributed by atoms with Crippen molar-refractivity contribution in [1.82, 2.24) is 10.2 Å². The van der Waals surface area contributed by atoms with Crippen LogP contribution in [-0.2, 0) is 9.53 Å². The summed E-state index contributed by atoms with van der Waals surface area (Å²) >= 11 is 0. The van der Waals surface area contributed by atoms with Crippen LogP contribution in [0.25, 0.3) is 0 Å². The maximum Gasteiger partial charge on any atom is 0.343 e. The Kier molecular flexibility index (Phi) is 4.46. The Morgan fingerprint density at radius 3 is 3.00 bits per heavy atom. The van der Waals surface area contributed by atoms with E-state index in [4.69, 9.17) is 10.5 Å². The zero-order chi connectivity index (χ0) is 12.0. The fourth-order valence-electron chi connectivity index (χ4n) is 1.08. The van der Waals surface area contributed by atoms with Crippen molar-refractivity contribution in [1.29, 1.82) is 0 Å². The average Bonchev–Trinajstić information content (AvgIpc) is 2.66. The number of hydrogen-bond acceptors (Lipinski definition) is 5. The zero-order valence-corrected chi connectivity index (χ0v) is 8.95. The first-order chi connectivity index (χ1) is 7.69. The van der Waals surface area contributed by atoms with Crippen molar-refractivity contribution in [2.24, 2.45) is 5.73 Å². The number of rotatable bonds is 5. The largest absolute Gasteiger partial charge is 0.462 e. The van der Waals surface area contributed by atoms with Crippen molar-refractivity contribution >= 4 is 17.7 Å². The molecule has 7 heteroatoms. The quantitative estimate of drug-likeness (QED) is 0.606. The van der Waals surface area contributed by atoms with Gasteiger partial charge in [-0.2, -0.15) is 5.10 Å². The van der Waals surface area contributed by atoms with Gasteiger partial charge in [-0.1, -0.05) is 0 Å². The van der Waals surface area contributed by atoms with E-state index in [1.807, 2.05) is 0 Å². The van der Waals surface area contributed by atoms with Crippen molar-refractivity contribution in [3.63, 3.8) is 0 Å². The van der Waals surface area contributed by atoms with E-state index in [2.05, 4.69) is 15.5 Å². The Balaban J connectivity index is 2.70. The van der Waals surface area contributed by atoms with Crippen LogP contribution in [0, 0.1) is 0 Å². The summed E-state index contributed by atoms with van der Waals surface area (Å²) in [6, 6.07) is 0. The molecule has 1 rings (SSSR count). The van der Waals surface area contributed by atoms with Crippen LogP contribution in [0.3, 0.4) is 0 Å². The Morgan fingerprint density at radius 2 is 2.38 bits per heavy atom. The van der Waals surface area contributed by atoms with Crippen LogP contribution in [0.2, 0.25) is 0 Å². The molecular formula is C9H14N4O3. The molecule has 0 fully saturated rings. The van der Waals surface area contributed by atoms with Gasteiger partial charge in [0.2, 0.25) is 5.91 Å². The summed E-state index contributed by atoms with van der Waals surface area (Å²) < 4.78 is 4.79. The fourth-order valence-corrected chi connectivity index (χ4v) is 1.08. The first-order valence-corrected chi connectivity index (χ1v) is 4.89. The van der Waals surface area contributed by atoms with Gasteiger partial charge >= 0.3 is 5.97 Å². The number of hydrogen-bond donors (Lipinski definition) is 3. The van der Waals surface area contributed by atoms with Crippen molar-refractivity contribution in [3.8, 4) is 0 Å². The topological polar surface area (TPSA) is 110 Å². The van der Waals surface area contributed by atoms with Crippen molar-refractivity contribution in [2.75, 3.05) is 18.5 Å². The summed E-state index contributed by atoms with van der Waals surface area (Å²) in [6.07, 6.45) is 1.48. The lowest BCUT2D eigenvalue weighted by Crippen LogP contribution is -2.18. The highest BCUT2D eigenvalue weighted by Crippen LogP contribution is 2.12. The number of nitrogens with one attached hydrogen (secondary N) is 2. The molecular weight excluding hydrogens is 212 g/mol. The van der Waals surface area contributed by atoms with Crippen LogP contribution >= 0.6 is 0 Å². The molecule has 0 aliphatic carbocycles. The van der Waals surface area contributed by atoms with Crippen LogP contribution in [0.1, 0.15) is 23.7 Å². The third-order valence-electron chi connectivity index (χ3n) is 1.77. The summed E-state index contributed by atoms with van der Waals surface area (Å²) in [6.45, 7) is 2.21. The van der Waals surface area contributed by atoms with Crippen molar-refractivity contribution in [3.05, 3.63) is 11.8 Å². The first-order valence-electron chi connectivity index (χ1n) is 4.89. The van der Waals surface area contributed by atoms with E-state index >= 15 is 0 Å². The van der Waals surface area contributed by atoms with Crippen LogP contribution in [0.4, 0.5) is 5.82 Å². The zero-order valence-electron chi connectivity index (χ0n) is 8.95. The number of nitrogens with zero attached hydrogens (tertiary/aromatic N) is 1. The summed E-state index contributed by atoms with van der Waals surface area (Å²) in [5.41, 5.74) is 5.43. The highest BCUT2D eigenvalue weighted by atomic mass is 16.5. The van der Waals surface area contributed by atoms with Gasteiger partial charge in [0, 0.05) is 13.0 Å². The number of aromatic amines is 1. The molecule has 0 radical (unpaired) electrons. The Bertz CT molecular complexity index is 375. The van der Waals surface area contributed by atoms with Gasteiger partial charge in [0.15, 0.2) is 0 Å². The number of amides is 1. The molecule has 16 heavy (non-hydrogen) atoms. The number of aromatic nitrogens is 2. The number of esters is 1. The van der Waals surface area contributed by atoms with Crippen LogP contribution in [0.5, 0.6) is 0 Å². The van der Waals surface area contributed by atoms with Gasteiger partial charge < -0.3 is 15.8 Å². The summed E-state index contributed by atoms with van der Waals surface area (Å²) in [5, 5.41) is 8.67. The van der Waals surface area contributed by atoms with Gasteiger partial charge in [0.25, 0.3) is 0 Å². The number of carbonyl (C=O) groups is 2. The number of nitrogens with two attached hydrogens (primary N) is 1. The Labute approximate surface area is 92.3 Å². The Hall–Kier alpha value is -1.89. The van der Waals surface area contributed by atoms with E-state index in [-0.39, 0.29) is 36.9 Å². The Morgan fingerprint density at radius 1 is 1.62 bits per heavy atom. The standard InChI is InChI=1S/C9H14N4O3/c1-2-16-9(15)6-5-11-13-8(6)12-7(14)3-4-10/h5H,2-4,10H2,1H3,(H2,11,12,13,14). The fraction of sp³-hybridized carbons (Fsp3) is 0.444. The van der Waals surface area contributed by atoms with Crippen LogP contribution in [-0.4, -0.2) is 35.2 Å². The van der Waals surface area contributed by atoms with E-state index in [1.165, 1.54) is 6.20 Å². The smallest absolute Gasteiger partial charge is 0.343 e. The lowest BCUT2D eigenvalue weighted by molar-refractivity contribution is -0.116. The van der Waals surface area contributed by atoms with E-state index in [9.17, 15) is 9.59 Å². The molecule has 0 saturated carbocycles. The molecule has 1 aromatic heterocycles. The molecule has 0 saturated heterocycles. The second-order valence-corrected chi connectivity index (χ2v) is 2.97. The highest BCUT2D eigenvalue weighted by Gasteiger charge is 2.16. The van der Waals surface area contributed by atoms with Crippen LogP contribution < -0.4 is 11.1 Å². The number of ether oxygens (including phenoxy) is 1. The monoisotopic (exact) mass is 226 g/mol. The average molecular weight is 226 g/mol. The van der Waals surface area contributed by atoms with Crippen molar-refractivity contribution < 1.29 is 14.3 Å². The van der Waals surface area contributed by atoms with E-state index in [1.54, 1.807) is 6.92 Å². The lowest BCUT2D eigenvalue weighted by Gasteiger charge is -2.04. The number of anilines is 1. The normalized spacial score (nSPS) is 9.88.